The van der Waals surface area contributed by atoms with Crippen LogP contribution in [0.25, 0.3) is 0 Å². The van der Waals surface area contributed by atoms with Crippen LogP contribution in [-0.2, 0) is 16.0 Å². The average molecular weight is 396 g/mol. The first-order chi connectivity index (χ1) is 12.5. The number of ether oxygens (including phenoxy) is 1. The largest absolute Gasteiger partial charge is 0.447 e. The van der Waals surface area contributed by atoms with Crippen LogP contribution in [0.5, 0.6) is 0 Å². The van der Waals surface area contributed by atoms with Crippen molar-refractivity contribution in [1.82, 2.24) is 9.88 Å². The van der Waals surface area contributed by atoms with Crippen LogP contribution in [0.4, 0.5) is 10.6 Å². The summed E-state index contributed by atoms with van der Waals surface area (Å²) in [7, 11) is 1.66. The van der Waals surface area contributed by atoms with E-state index in [-0.39, 0.29) is 12.5 Å². The molecule has 0 unspecified atom stereocenters. The monoisotopic (exact) mass is 395 g/mol. The molecular weight excluding hydrogens is 377 g/mol. The van der Waals surface area contributed by atoms with Crippen molar-refractivity contribution >= 4 is 41.0 Å². The Hall–Kier alpha value is -2.31. The van der Waals surface area contributed by atoms with Crippen molar-refractivity contribution in [2.24, 2.45) is 0 Å². The predicted octanol–water partition coefficient (Wildman–Crippen LogP) is 4.03. The summed E-state index contributed by atoms with van der Waals surface area (Å²) in [6.07, 6.45) is 1.67. The Bertz CT molecular complexity index is 754. The molecule has 2 aromatic rings. The summed E-state index contributed by atoms with van der Waals surface area (Å²) >= 11 is 11.8. The van der Waals surface area contributed by atoms with Gasteiger partial charge in [0.2, 0.25) is 5.91 Å². The van der Waals surface area contributed by atoms with Gasteiger partial charge in [0, 0.05) is 24.7 Å². The molecule has 2 rings (SSSR count). The Kier molecular flexibility index (Phi) is 7.69. The minimum atomic E-state index is -0.642. The molecule has 8 heteroatoms. The van der Waals surface area contributed by atoms with Crippen LogP contribution >= 0.6 is 23.2 Å². The smallest absolute Gasteiger partial charge is 0.412 e. The Morgan fingerprint density at radius 1 is 1.19 bits per heavy atom. The summed E-state index contributed by atoms with van der Waals surface area (Å²) in [5.41, 5.74) is 0.932. The molecule has 0 fully saturated rings. The van der Waals surface area contributed by atoms with E-state index in [1.54, 1.807) is 25.2 Å². The number of hydrogen-bond donors (Lipinski definition) is 1. The van der Waals surface area contributed by atoms with Gasteiger partial charge in [0.05, 0.1) is 11.6 Å². The van der Waals surface area contributed by atoms with Crippen molar-refractivity contribution in [1.29, 1.82) is 0 Å². The molecule has 1 aromatic heterocycles. The predicted molar refractivity (Wildman–Crippen MR) is 102 cm³/mol. The fourth-order valence-electron chi connectivity index (χ4n) is 2.12. The lowest BCUT2D eigenvalue weighted by atomic mass is 10.1. The fourth-order valence-corrected chi connectivity index (χ4v) is 2.47. The van der Waals surface area contributed by atoms with Crippen LogP contribution in [0.3, 0.4) is 0 Å². The minimum Gasteiger partial charge on any atom is -0.447 e. The quantitative estimate of drug-likeness (QED) is 0.767. The Morgan fingerprint density at radius 3 is 2.65 bits per heavy atom. The standard InChI is InChI=1S/C18H19Cl2N3O3/c1-23(17(24)9-6-13-4-2-3-5-15(13)20)10-11-26-18(25)22-16-8-7-14(19)12-21-16/h2-5,7-8,12H,6,9-11H2,1H3,(H,21,22,25). The number of anilines is 1. The number of rotatable bonds is 7. The highest BCUT2D eigenvalue weighted by atomic mass is 35.5. The number of pyridine rings is 1. The highest BCUT2D eigenvalue weighted by molar-refractivity contribution is 6.31. The lowest BCUT2D eigenvalue weighted by Crippen LogP contribution is -2.31. The SMILES string of the molecule is CN(CCOC(=O)Nc1ccc(Cl)cn1)C(=O)CCc1ccccc1Cl. The second-order valence-corrected chi connectivity index (χ2v) is 6.37. The zero-order valence-corrected chi connectivity index (χ0v) is 15.8. The topological polar surface area (TPSA) is 71.5 Å². The number of halogens is 2. The molecule has 0 aliphatic carbocycles. The Labute approximate surface area is 162 Å². The highest BCUT2D eigenvalue weighted by Gasteiger charge is 2.11. The minimum absolute atomic E-state index is 0.0479. The molecule has 26 heavy (non-hydrogen) atoms. The van der Waals surface area contributed by atoms with E-state index >= 15 is 0 Å². The lowest BCUT2D eigenvalue weighted by Gasteiger charge is -2.17. The van der Waals surface area contributed by atoms with Crippen LogP contribution < -0.4 is 5.32 Å². The number of carbonyl (C=O) groups is 2. The van der Waals surface area contributed by atoms with Gasteiger partial charge in [0.15, 0.2) is 0 Å². The second kappa shape index (κ2) is 9.99. The molecule has 0 bridgehead atoms. The number of likely N-dealkylation sites (N-methyl/N-ethyl adjacent to an activating group) is 1. The van der Waals surface area contributed by atoms with Gasteiger partial charge < -0.3 is 9.64 Å². The third-order valence-corrected chi connectivity index (χ3v) is 4.20. The molecule has 1 aromatic carbocycles. The van der Waals surface area contributed by atoms with E-state index in [0.717, 1.165) is 5.56 Å². The van der Waals surface area contributed by atoms with E-state index in [4.69, 9.17) is 27.9 Å². The molecule has 0 spiro atoms. The van der Waals surface area contributed by atoms with Crippen LogP contribution in [0.15, 0.2) is 42.6 Å². The van der Waals surface area contributed by atoms with Crippen LogP contribution in [-0.4, -0.2) is 42.1 Å². The Morgan fingerprint density at radius 2 is 1.96 bits per heavy atom. The molecule has 0 aliphatic heterocycles. The van der Waals surface area contributed by atoms with E-state index in [9.17, 15) is 9.59 Å². The maximum atomic E-state index is 12.1. The zero-order valence-electron chi connectivity index (χ0n) is 14.2. The summed E-state index contributed by atoms with van der Waals surface area (Å²) in [5.74, 6) is 0.289. The van der Waals surface area contributed by atoms with E-state index in [1.807, 2.05) is 18.2 Å². The molecule has 138 valence electrons. The first-order valence-corrected chi connectivity index (χ1v) is 8.74. The summed E-state index contributed by atoms with van der Waals surface area (Å²) in [6, 6.07) is 10.6. The summed E-state index contributed by atoms with van der Waals surface area (Å²) < 4.78 is 5.04. The average Bonchev–Trinajstić information content (AvgIpc) is 2.62. The number of amides is 2. The van der Waals surface area contributed by atoms with Crippen LogP contribution in [0.1, 0.15) is 12.0 Å². The molecular formula is C18H19Cl2N3O3. The van der Waals surface area contributed by atoms with Gasteiger partial charge in [-0.2, -0.15) is 0 Å². The van der Waals surface area contributed by atoms with Gasteiger partial charge in [-0.05, 0) is 30.2 Å². The molecule has 1 N–H and O–H groups in total. The molecule has 0 aliphatic rings. The van der Waals surface area contributed by atoms with Crippen molar-refractivity contribution in [2.75, 3.05) is 25.5 Å². The summed E-state index contributed by atoms with van der Waals surface area (Å²) in [4.78, 5) is 29.3. The number of carbonyl (C=O) groups excluding carboxylic acids is 2. The van der Waals surface area contributed by atoms with Gasteiger partial charge in [-0.3, -0.25) is 10.1 Å². The molecule has 0 saturated heterocycles. The first-order valence-electron chi connectivity index (χ1n) is 7.98. The van der Waals surface area contributed by atoms with Crippen LogP contribution in [0, 0.1) is 0 Å². The number of nitrogens with zero attached hydrogens (tertiary/aromatic N) is 2. The van der Waals surface area contributed by atoms with Crippen molar-refractivity contribution in [2.45, 2.75) is 12.8 Å². The van der Waals surface area contributed by atoms with Gasteiger partial charge in [-0.15, -0.1) is 0 Å². The number of nitrogens with one attached hydrogen (secondary N) is 1. The molecule has 0 atom stereocenters. The van der Waals surface area contributed by atoms with Gasteiger partial charge in [-0.1, -0.05) is 41.4 Å². The van der Waals surface area contributed by atoms with E-state index < -0.39 is 6.09 Å². The molecule has 2 amide bonds. The number of aromatic nitrogens is 1. The first kappa shape index (κ1) is 20.0. The van der Waals surface area contributed by atoms with Crippen molar-refractivity contribution in [3.05, 3.63) is 58.2 Å². The van der Waals surface area contributed by atoms with Crippen LogP contribution in [0.2, 0.25) is 10.0 Å². The maximum Gasteiger partial charge on any atom is 0.412 e. The Balaban J connectivity index is 1.68. The number of benzene rings is 1. The maximum absolute atomic E-state index is 12.1. The summed E-state index contributed by atoms with van der Waals surface area (Å²) in [5, 5.41) is 3.60. The van der Waals surface area contributed by atoms with Crippen molar-refractivity contribution in [3.63, 3.8) is 0 Å². The fraction of sp³-hybridized carbons (Fsp3) is 0.278. The van der Waals surface area contributed by atoms with Gasteiger partial charge in [0.25, 0.3) is 0 Å². The molecule has 1 heterocycles. The molecule has 0 saturated carbocycles. The second-order valence-electron chi connectivity index (χ2n) is 5.53. The number of aryl methyl sites for hydroxylation is 1. The van der Waals surface area contributed by atoms with E-state index in [1.165, 1.54) is 11.1 Å². The van der Waals surface area contributed by atoms with E-state index in [0.29, 0.717) is 35.2 Å². The van der Waals surface area contributed by atoms with Gasteiger partial charge in [0.1, 0.15) is 12.4 Å². The third-order valence-electron chi connectivity index (χ3n) is 3.61. The van der Waals surface area contributed by atoms with E-state index in [2.05, 4.69) is 10.3 Å². The van der Waals surface area contributed by atoms with Gasteiger partial charge >= 0.3 is 6.09 Å². The van der Waals surface area contributed by atoms with Crippen molar-refractivity contribution < 1.29 is 14.3 Å². The zero-order chi connectivity index (χ0) is 18.9. The lowest BCUT2D eigenvalue weighted by molar-refractivity contribution is -0.130. The third kappa shape index (κ3) is 6.54. The normalized spacial score (nSPS) is 10.3. The van der Waals surface area contributed by atoms with Gasteiger partial charge in [-0.25, -0.2) is 9.78 Å². The summed E-state index contributed by atoms with van der Waals surface area (Å²) in [6.45, 7) is 0.372. The van der Waals surface area contributed by atoms with Crippen molar-refractivity contribution in [3.8, 4) is 0 Å². The number of hydrogen-bond acceptors (Lipinski definition) is 4. The molecule has 6 nitrogen and oxygen atoms in total. The molecule has 0 radical (unpaired) electrons. The highest BCUT2D eigenvalue weighted by Crippen LogP contribution is 2.16.